The number of nitrogens with one attached hydrogen (secondary N) is 1. The highest BCUT2D eigenvalue weighted by Gasteiger charge is 2.55. The molecule has 0 bridgehead atoms. The first-order valence-electron chi connectivity index (χ1n) is 13.4. The van der Waals surface area contributed by atoms with Gasteiger partial charge in [-0.2, -0.15) is 0 Å². The first kappa shape index (κ1) is 29.1. The Balaban J connectivity index is 1.52. The van der Waals surface area contributed by atoms with E-state index in [1.54, 1.807) is 12.1 Å². The molecule has 9 nitrogen and oxygen atoms in total. The van der Waals surface area contributed by atoms with Crippen LogP contribution < -0.4 is 5.32 Å². The number of hydrogen-bond donors (Lipinski definition) is 1. The van der Waals surface area contributed by atoms with Gasteiger partial charge in [-0.05, 0) is 16.7 Å². The van der Waals surface area contributed by atoms with Crippen molar-refractivity contribution in [3.8, 4) is 0 Å². The average molecular weight is 587 g/mol. The van der Waals surface area contributed by atoms with Crippen LogP contribution in [-0.2, 0) is 39.8 Å². The number of esters is 2. The smallest absolute Gasteiger partial charge is 0.356 e. The van der Waals surface area contributed by atoms with E-state index >= 15 is 0 Å². The minimum absolute atomic E-state index is 0.0277. The van der Waals surface area contributed by atoms with Crippen LogP contribution in [0.1, 0.15) is 29.7 Å². The number of benzene rings is 3. The van der Waals surface area contributed by atoms with E-state index in [1.807, 2.05) is 78.9 Å². The van der Waals surface area contributed by atoms with E-state index in [0.717, 1.165) is 16.7 Å². The Labute approximate surface area is 247 Å². The average Bonchev–Trinajstić information content (AvgIpc) is 3.00. The summed E-state index contributed by atoms with van der Waals surface area (Å²) in [5.41, 5.74) is 2.41. The normalized spacial score (nSPS) is 18.5. The molecule has 2 aliphatic heterocycles. The molecule has 5 rings (SSSR count). The van der Waals surface area contributed by atoms with Gasteiger partial charge in [0.15, 0.2) is 12.2 Å². The minimum atomic E-state index is -1.30. The number of hydrogen-bond acceptors (Lipinski definition) is 8. The fraction of sp³-hybridized carbons (Fsp3) is 0.250. The van der Waals surface area contributed by atoms with Crippen LogP contribution in [0.25, 0.3) is 0 Å². The highest BCUT2D eigenvalue weighted by molar-refractivity contribution is 8.00. The maximum Gasteiger partial charge on any atom is 0.356 e. The summed E-state index contributed by atoms with van der Waals surface area (Å²) in [5.74, 6) is -2.11. The maximum absolute atomic E-state index is 14.1. The molecular weight excluding hydrogens is 556 g/mol. The van der Waals surface area contributed by atoms with Crippen LogP contribution in [0.4, 0.5) is 0 Å². The van der Waals surface area contributed by atoms with Gasteiger partial charge in [0.2, 0.25) is 12.1 Å². The summed E-state index contributed by atoms with van der Waals surface area (Å²) in [4.78, 5) is 53.8. The van der Waals surface area contributed by atoms with Gasteiger partial charge in [0.05, 0.1) is 6.42 Å². The van der Waals surface area contributed by atoms with Crippen LogP contribution in [-0.4, -0.2) is 59.2 Å². The van der Waals surface area contributed by atoms with Crippen molar-refractivity contribution in [3.63, 3.8) is 0 Å². The monoisotopic (exact) mass is 586 g/mol. The van der Waals surface area contributed by atoms with Gasteiger partial charge in [0, 0.05) is 25.4 Å². The van der Waals surface area contributed by atoms with E-state index < -0.39 is 47.6 Å². The van der Waals surface area contributed by atoms with E-state index in [9.17, 15) is 19.2 Å². The van der Waals surface area contributed by atoms with Crippen molar-refractivity contribution in [2.24, 2.45) is 0 Å². The maximum atomic E-state index is 14.1. The second kappa shape index (κ2) is 13.1. The quantitative estimate of drug-likeness (QED) is 0.217. The molecule has 0 saturated carbocycles. The third-order valence-corrected chi connectivity index (χ3v) is 8.20. The molecule has 2 amide bonds. The van der Waals surface area contributed by atoms with Crippen molar-refractivity contribution in [1.29, 1.82) is 0 Å². The number of fused-ring (bicyclic) bond motifs is 1. The lowest BCUT2D eigenvalue weighted by Crippen LogP contribution is -2.66. The van der Waals surface area contributed by atoms with Crippen molar-refractivity contribution in [2.45, 2.75) is 37.2 Å². The zero-order chi connectivity index (χ0) is 29.6. The van der Waals surface area contributed by atoms with Gasteiger partial charge in [-0.1, -0.05) is 91.0 Å². The molecule has 1 unspecified atom stereocenters. The number of nitrogens with zero attached hydrogens (tertiary/aromatic N) is 1. The van der Waals surface area contributed by atoms with Crippen molar-refractivity contribution < 1.29 is 33.4 Å². The molecule has 0 aliphatic carbocycles. The van der Waals surface area contributed by atoms with Gasteiger partial charge in [0.1, 0.15) is 11.1 Å². The summed E-state index contributed by atoms with van der Waals surface area (Å²) in [6, 6.07) is 27.6. The number of amides is 2. The highest BCUT2D eigenvalue weighted by Crippen LogP contribution is 2.43. The summed E-state index contributed by atoms with van der Waals surface area (Å²) in [6.45, 7) is 1.21. The summed E-state index contributed by atoms with van der Waals surface area (Å²) in [6.07, 6.45) is -2.79. The zero-order valence-corrected chi connectivity index (χ0v) is 23.9. The van der Waals surface area contributed by atoms with Gasteiger partial charge in [0.25, 0.3) is 5.91 Å². The molecule has 2 heterocycles. The standard InChI is InChI=1S/C32H30N2O7S/c1-20(35)40-29(33-25(36)18-21-12-6-3-7-13-21)24-19-42-31-28(39-2)30(37)34(31)26(24)32(38)41-27(22-14-8-4-9-15-22)23-16-10-5-11-17-23/h3-17,27-29,31H,18-19H2,1-2H3,(H,33,36)/t28-,29?,31+/m0/s1. The fourth-order valence-corrected chi connectivity index (χ4v) is 6.36. The van der Waals surface area contributed by atoms with E-state index in [1.165, 1.54) is 30.7 Å². The van der Waals surface area contributed by atoms with Gasteiger partial charge >= 0.3 is 11.9 Å². The van der Waals surface area contributed by atoms with Gasteiger partial charge in [-0.15, -0.1) is 11.8 Å². The molecule has 3 aromatic rings. The second-order valence-electron chi connectivity index (χ2n) is 9.77. The van der Waals surface area contributed by atoms with E-state index in [4.69, 9.17) is 14.2 Å². The van der Waals surface area contributed by atoms with Crippen molar-refractivity contribution in [3.05, 3.63) is 119 Å². The molecule has 3 aromatic carbocycles. The van der Waals surface area contributed by atoms with Crippen LogP contribution in [0.5, 0.6) is 0 Å². The molecular formula is C32H30N2O7S. The number of carbonyl (C=O) groups excluding carboxylic acids is 4. The molecule has 0 spiro atoms. The summed E-state index contributed by atoms with van der Waals surface area (Å²) >= 11 is 1.35. The predicted molar refractivity (Wildman–Crippen MR) is 156 cm³/mol. The lowest BCUT2D eigenvalue weighted by atomic mass is 10.0. The number of thioether (sulfide) groups is 1. The first-order valence-corrected chi connectivity index (χ1v) is 14.4. The number of carbonyl (C=O) groups is 4. The summed E-state index contributed by atoms with van der Waals surface area (Å²) in [7, 11) is 1.43. The summed E-state index contributed by atoms with van der Waals surface area (Å²) < 4.78 is 17.0. The molecule has 1 saturated heterocycles. The minimum Gasteiger partial charge on any atom is -0.448 e. The van der Waals surface area contributed by atoms with E-state index in [0.29, 0.717) is 0 Å². The largest absolute Gasteiger partial charge is 0.448 e. The number of methoxy groups -OCH3 is 1. The van der Waals surface area contributed by atoms with Crippen molar-refractivity contribution in [2.75, 3.05) is 12.9 Å². The number of ether oxygens (including phenoxy) is 3. The first-order chi connectivity index (χ1) is 20.4. The molecule has 2 aliphatic rings. The Morgan fingerprint density at radius 2 is 1.48 bits per heavy atom. The molecule has 1 N–H and O–H groups in total. The lowest BCUT2D eigenvalue weighted by molar-refractivity contribution is -0.164. The fourth-order valence-electron chi connectivity index (χ4n) is 4.96. The molecule has 42 heavy (non-hydrogen) atoms. The van der Waals surface area contributed by atoms with Gasteiger partial charge in [-0.25, -0.2) is 4.79 Å². The van der Waals surface area contributed by atoms with E-state index in [-0.39, 0.29) is 23.4 Å². The van der Waals surface area contributed by atoms with E-state index in [2.05, 4.69) is 5.32 Å². The van der Waals surface area contributed by atoms with Crippen LogP contribution in [0, 0.1) is 0 Å². The Morgan fingerprint density at radius 3 is 2.02 bits per heavy atom. The summed E-state index contributed by atoms with van der Waals surface area (Å²) in [5, 5.41) is 2.26. The topological polar surface area (TPSA) is 111 Å². The third kappa shape index (κ3) is 6.24. The van der Waals surface area contributed by atoms with Crippen LogP contribution >= 0.6 is 11.8 Å². The molecule has 0 radical (unpaired) electrons. The lowest BCUT2D eigenvalue weighted by Gasteiger charge is -2.49. The zero-order valence-electron chi connectivity index (χ0n) is 23.1. The van der Waals surface area contributed by atoms with Gasteiger partial charge in [-0.3, -0.25) is 19.3 Å². The molecule has 216 valence electrons. The SMILES string of the molecule is CO[C@H]1C(=O)N2C(C(=O)OC(c3ccccc3)c3ccccc3)=C(C(NC(=O)Cc3ccccc3)OC(C)=O)CS[C@H]12. The second-order valence-corrected chi connectivity index (χ2v) is 10.9. The highest BCUT2D eigenvalue weighted by atomic mass is 32.2. The van der Waals surface area contributed by atoms with Gasteiger partial charge < -0.3 is 19.5 Å². The Hall–Kier alpha value is -4.41. The molecule has 0 aromatic heterocycles. The molecule has 10 heteroatoms. The predicted octanol–water partition coefficient (Wildman–Crippen LogP) is 3.75. The molecule has 3 atom stereocenters. The van der Waals surface area contributed by atoms with Crippen LogP contribution in [0.15, 0.2) is 102 Å². The number of rotatable bonds is 10. The van der Waals surface area contributed by atoms with Crippen molar-refractivity contribution >= 4 is 35.5 Å². The third-order valence-electron chi connectivity index (χ3n) is 6.93. The van der Waals surface area contributed by atoms with Crippen LogP contribution in [0.2, 0.25) is 0 Å². The van der Waals surface area contributed by atoms with Crippen molar-refractivity contribution in [1.82, 2.24) is 10.2 Å². The number of β-lactam (4-membered cyclic amide) rings is 1. The molecule has 1 fully saturated rings. The van der Waals surface area contributed by atoms with Crippen LogP contribution in [0.3, 0.4) is 0 Å². The Morgan fingerprint density at radius 1 is 0.905 bits per heavy atom. The Kier molecular flexibility index (Phi) is 9.04. The Bertz CT molecular complexity index is 1440.